The molecule has 1 unspecified atom stereocenters. The summed E-state index contributed by atoms with van der Waals surface area (Å²) in [6, 6.07) is 6.32. The van der Waals surface area contributed by atoms with Crippen LogP contribution in [0.25, 0.3) is 0 Å². The lowest BCUT2D eigenvalue weighted by Gasteiger charge is -2.32. The quantitative estimate of drug-likeness (QED) is 0.851. The Morgan fingerprint density at radius 2 is 2.21 bits per heavy atom. The zero-order chi connectivity index (χ0) is 13.8. The van der Waals surface area contributed by atoms with E-state index in [9.17, 15) is 14.7 Å². The smallest absolute Gasteiger partial charge is 0.245 e. The summed E-state index contributed by atoms with van der Waals surface area (Å²) in [5.74, 6) is -0.0143. The number of hydrogen-bond donors (Lipinski definition) is 2. The molecule has 5 nitrogen and oxygen atoms in total. The maximum absolute atomic E-state index is 12.2. The summed E-state index contributed by atoms with van der Waals surface area (Å²) in [6.45, 7) is 2.41. The Morgan fingerprint density at radius 3 is 2.89 bits per heavy atom. The van der Waals surface area contributed by atoms with Gasteiger partial charge in [-0.3, -0.25) is 9.59 Å². The molecule has 1 saturated heterocycles. The number of phenols is 1. The maximum atomic E-state index is 12.2. The SMILES string of the molecule is CCCC1NC(=O)CN(Cc2cccc(O)c2)C1=O. The number of carbonyl (C=O) groups excluding carboxylic acids is 2. The summed E-state index contributed by atoms with van der Waals surface area (Å²) in [4.78, 5) is 25.3. The number of benzene rings is 1. The van der Waals surface area contributed by atoms with Gasteiger partial charge in [0.25, 0.3) is 0 Å². The summed E-state index contributed by atoms with van der Waals surface area (Å²) >= 11 is 0. The fraction of sp³-hybridized carbons (Fsp3) is 0.429. The molecule has 1 aliphatic heterocycles. The normalized spacial score (nSPS) is 19.4. The van der Waals surface area contributed by atoms with Gasteiger partial charge in [0.15, 0.2) is 0 Å². The van der Waals surface area contributed by atoms with E-state index in [2.05, 4.69) is 5.32 Å². The van der Waals surface area contributed by atoms with Gasteiger partial charge in [0.05, 0.1) is 6.54 Å². The van der Waals surface area contributed by atoms with Gasteiger partial charge in [-0.15, -0.1) is 0 Å². The van der Waals surface area contributed by atoms with Crippen molar-refractivity contribution in [3.05, 3.63) is 29.8 Å². The predicted molar refractivity (Wildman–Crippen MR) is 70.4 cm³/mol. The molecule has 1 fully saturated rings. The minimum Gasteiger partial charge on any atom is -0.508 e. The van der Waals surface area contributed by atoms with Gasteiger partial charge in [0.2, 0.25) is 11.8 Å². The first-order valence-electron chi connectivity index (χ1n) is 6.46. The molecule has 2 rings (SSSR count). The van der Waals surface area contributed by atoms with Crippen LogP contribution in [0.2, 0.25) is 0 Å². The molecule has 2 N–H and O–H groups in total. The van der Waals surface area contributed by atoms with Crippen molar-refractivity contribution in [3.63, 3.8) is 0 Å². The molecule has 102 valence electrons. The lowest BCUT2D eigenvalue weighted by molar-refractivity contribution is -0.145. The van der Waals surface area contributed by atoms with Gasteiger partial charge >= 0.3 is 0 Å². The van der Waals surface area contributed by atoms with E-state index in [1.165, 1.54) is 4.90 Å². The Balaban J connectivity index is 2.10. The number of amides is 2. The first-order valence-corrected chi connectivity index (χ1v) is 6.46. The molecule has 1 atom stereocenters. The zero-order valence-corrected chi connectivity index (χ0v) is 10.9. The average molecular weight is 262 g/mol. The lowest BCUT2D eigenvalue weighted by atomic mass is 10.1. The Hall–Kier alpha value is -2.04. The number of rotatable bonds is 4. The van der Waals surface area contributed by atoms with Gasteiger partial charge < -0.3 is 15.3 Å². The van der Waals surface area contributed by atoms with Crippen LogP contribution in [0.5, 0.6) is 5.75 Å². The highest BCUT2D eigenvalue weighted by molar-refractivity contribution is 5.94. The van der Waals surface area contributed by atoms with Crippen LogP contribution in [-0.2, 0) is 16.1 Å². The first-order chi connectivity index (χ1) is 9.10. The second-order valence-corrected chi connectivity index (χ2v) is 4.77. The van der Waals surface area contributed by atoms with Crippen molar-refractivity contribution >= 4 is 11.8 Å². The third-order valence-electron chi connectivity index (χ3n) is 3.14. The fourth-order valence-corrected chi connectivity index (χ4v) is 2.27. The van der Waals surface area contributed by atoms with Gasteiger partial charge in [-0.1, -0.05) is 25.5 Å². The number of hydrogen-bond acceptors (Lipinski definition) is 3. The van der Waals surface area contributed by atoms with E-state index in [1.807, 2.05) is 13.0 Å². The maximum Gasteiger partial charge on any atom is 0.245 e. The number of phenolic OH excluding ortho intramolecular Hbond substituents is 1. The van der Waals surface area contributed by atoms with Crippen molar-refractivity contribution in [3.8, 4) is 5.75 Å². The minimum atomic E-state index is -0.413. The highest BCUT2D eigenvalue weighted by Crippen LogP contribution is 2.15. The third kappa shape index (κ3) is 3.24. The van der Waals surface area contributed by atoms with Crippen molar-refractivity contribution in [2.24, 2.45) is 0 Å². The molecular formula is C14H18N2O3. The van der Waals surface area contributed by atoms with E-state index in [-0.39, 0.29) is 24.1 Å². The fourth-order valence-electron chi connectivity index (χ4n) is 2.27. The number of nitrogens with zero attached hydrogens (tertiary/aromatic N) is 1. The summed E-state index contributed by atoms with van der Waals surface area (Å²) in [7, 11) is 0. The molecule has 0 radical (unpaired) electrons. The molecule has 5 heteroatoms. The second kappa shape index (κ2) is 5.73. The highest BCUT2D eigenvalue weighted by Gasteiger charge is 2.31. The van der Waals surface area contributed by atoms with E-state index >= 15 is 0 Å². The van der Waals surface area contributed by atoms with E-state index in [1.54, 1.807) is 18.2 Å². The monoisotopic (exact) mass is 262 g/mol. The molecule has 1 aliphatic rings. The Morgan fingerprint density at radius 1 is 1.42 bits per heavy atom. The summed E-state index contributed by atoms with van der Waals surface area (Å²) in [5, 5.41) is 12.1. The molecule has 1 aromatic rings. The van der Waals surface area contributed by atoms with Crippen LogP contribution in [0.4, 0.5) is 0 Å². The van der Waals surface area contributed by atoms with Gasteiger partial charge in [0.1, 0.15) is 11.8 Å². The lowest BCUT2D eigenvalue weighted by Crippen LogP contribution is -2.57. The molecule has 0 bridgehead atoms. The van der Waals surface area contributed by atoms with Crippen LogP contribution in [0.15, 0.2) is 24.3 Å². The molecule has 0 aromatic heterocycles. The number of carbonyl (C=O) groups is 2. The van der Waals surface area contributed by atoms with Crippen molar-refractivity contribution in [2.45, 2.75) is 32.4 Å². The zero-order valence-electron chi connectivity index (χ0n) is 10.9. The van der Waals surface area contributed by atoms with Crippen LogP contribution in [0.3, 0.4) is 0 Å². The topological polar surface area (TPSA) is 69.6 Å². The van der Waals surface area contributed by atoms with Gasteiger partial charge in [-0.25, -0.2) is 0 Å². The van der Waals surface area contributed by atoms with Crippen molar-refractivity contribution in [1.82, 2.24) is 10.2 Å². The molecule has 1 heterocycles. The molecule has 1 aromatic carbocycles. The number of piperazine rings is 1. The summed E-state index contributed by atoms with van der Waals surface area (Å²) in [6.07, 6.45) is 1.50. The number of aromatic hydroxyl groups is 1. The van der Waals surface area contributed by atoms with E-state index < -0.39 is 6.04 Å². The summed E-state index contributed by atoms with van der Waals surface area (Å²) < 4.78 is 0. The molecule has 0 spiro atoms. The second-order valence-electron chi connectivity index (χ2n) is 4.77. The van der Waals surface area contributed by atoms with Crippen LogP contribution >= 0.6 is 0 Å². The summed E-state index contributed by atoms with van der Waals surface area (Å²) in [5.41, 5.74) is 0.818. The third-order valence-corrected chi connectivity index (χ3v) is 3.14. The molecule has 0 saturated carbocycles. The predicted octanol–water partition coefficient (Wildman–Crippen LogP) is 1.02. The van der Waals surface area contributed by atoms with Crippen LogP contribution < -0.4 is 5.32 Å². The van der Waals surface area contributed by atoms with Gasteiger partial charge in [-0.05, 0) is 24.1 Å². The van der Waals surface area contributed by atoms with Crippen molar-refractivity contribution in [2.75, 3.05) is 6.54 Å². The highest BCUT2D eigenvalue weighted by atomic mass is 16.3. The van der Waals surface area contributed by atoms with Crippen LogP contribution in [0, 0.1) is 0 Å². The van der Waals surface area contributed by atoms with Crippen molar-refractivity contribution < 1.29 is 14.7 Å². The Kier molecular flexibility index (Phi) is 4.04. The molecule has 2 amide bonds. The largest absolute Gasteiger partial charge is 0.508 e. The van der Waals surface area contributed by atoms with E-state index in [0.717, 1.165) is 12.0 Å². The number of nitrogens with one attached hydrogen (secondary N) is 1. The standard InChI is InChI=1S/C14H18N2O3/c1-2-4-12-14(19)16(9-13(18)15-12)8-10-5-3-6-11(17)7-10/h3,5-7,12,17H,2,4,8-9H2,1H3,(H,15,18). The minimum absolute atomic E-state index is 0.0511. The van der Waals surface area contributed by atoms with Crippen LogP contribution in [-0.4, -0.2) is 34.4 Å². The molecule has 0 aliphatic carbocycles. The van der Waals surface area contributed by atoms with Crippen molar-refractivity contribution in [1.29, 1.82) is 0 Å². The Bertz CT molecular complexity index is 487. The van der Waals surface area contributed by atoms with E-state index in [0.29, 0.717) is 13.0 Å². The van der Waals surface area contributed by atoms with Crippen LogP contribution in [0.1, 0.15) is 25.3 Å². The van der Waals surface area contributed by atoms with Gasteiger partial charge in [-0.2, -0.15) is 0 Å². The molecule has 19 heavy (non-hydrogen) atoms. The Labute approximate surface area is 112 Å². The van der Waals surface area contributed by atoms with E-state index in [4.69, 9.17) is 0 Å². The molecular weight excluding hydrogens is 244 g/mol. The van der Waals surface area contributed by atoms with Gasteiger partial charge in [0, 0.05) is 6.54 Å². The first kappa shape index (κ1) is 13.4. The average Bonchev–Trinajstić information content (AvgIpc) is 2.35.